The number of rotatable bonds is 4. The average Bonchev–Trinajstić information content (AvgIpc) is 2.44. The molecule has 3 rings (SSSR count). The lowest BCUT2D eigenvalue weighted by atomic mass is 9.73. The van der Waals surface area contributed by atoms with E-state index >= 15 is 0 Å². The van der Waals surface area contributed by atoms with Gasteiger partial charge in [0.15, 0.2) is 0 Å². The molecule has 0 aromatic heterocycles. The number of likely N-dealkylation sites (tertiary alicyclic amines) is 1. The van der Waals surface area contributed by atoms with Crippen molar-refractivity contribution in [3.05, 3.63) is 35.9 Å². The van der Waals surface area contributed by atoms with Gasteiger partial charge in [-0.05, 0) is 23.8 Å². The maximum atomic E-state index is 10.1. The number of aliphatic hydroxyl groups excluding tert-OH is 1. The number of hydrogen-bond donors (Lipinski definition) is 2. The van der Waals surface area contributed by atoms with Crippen LogP contribution in [0.2, 0.25) is 0 Å². The highest BCUT2D eigenvalue weighted by Crippen LogP contribution is 2.35. The maximum absolute atomic E-state index is 10.1. The Labute approximate surface area is 114 Å². The zero-order chi connectivity index (χ0) is 13.1. The van der Waals surface area contributed by atoms with Crippen molar-refractivity contribution in [2.75, 3.05) is 26.2 Å². The molecule has 0 saturated carbocycles. The topological polar surface area (TPSA) is 44.7 Å². The van der Waals surface area contributed by atoms with Gasteiger partial charge in [0.2, 0.25) is 6.41 Å². The fraction of sp³-hybridized carbons (Fsp3) is 0.600. The molecule has 4 nitrogen and oxygen atoms in total. The Hall–Kier alpha value is -0.940. The summed E-state index contributed by atoms with van der Waals surface area (Å²) in [7, 11) is 0. The summed E-state index contributed by atoms with van der Waals surface area (Å²) in [5, 5.41) is 13.4. The molecule has 1 aromatic rings. The molecular formula is C15H22N2O2. The summed E-state index contributed by atoms with van der Waals surface area (Å²) in [4.78, 5) is 2.03. The minimum absolute atomic E-state index is 0.463. The highest BCUT2D eigenvalue weighted by atomic mass is 16.6. The van der Waals surface area contributed by atoms with Crippen molar-refractivity contribution in [3.8, 4) is 0 Å². The lowest BCUT2D eigenvalue weighted by Crippen LogP contribution is -2.59. The largest absolute Gasteiger partial charge is 0.356 e. The molecule has 0 amide bonds. The summed E-state index contributed by atoms with van der Waals surface area (Å²) in [5.74, 6) is 0. The van der Waals surface area contributed by atoms with Gasteiger partial charge in [0.1, 0.15) is 0 Å². The van der Waals surface area contributed by atoms with Crippen LogP contribution >= 0.6 is 0 Å². The summed E-state index contributed by atoms with van der Waals surface area (Å²) in [6.07, 6.45) is 1.54. The predicted octanol–water partition coefficient (Wildman–Crippen LogP) is 1.16. The summed E-state index contributed by atoms with van der Waals surface area (Å²) in [5.41, 5.74) is 1.61. The fourth-order valence-electron chi connectivity index (χ4n) is 2.90. The third-order valence-electron chi connectivity index (χ3n) is 4.41. The van der Waals surface area contributed by atoms with E-state index in [-0.39, 0.29) is 0 Å². The number of hydrogen-bond acceptors (Lipinski definition) is 4. The van der Waals surface area contributed by atoms with Gasteiger partial charge in [0, 0.05) is 26.2 Å². The second-order valence-electron chi connectivity index (χ2n) is 5.76. The van der Waals surface area contributed by atoms with Gasteiger partial charge in [0.25, 0.3) is 0 Å². The number of benzene rings is 1. The zero-order valence-electron chi connectivity index (χ0n) is 11.2. The van der Waals surface area contributed by atoms with Gasteiger partial charge in [-0.1, -0.05) is 30.3 Å². The highest BCUT2D eigenvalue weighted by Gasteiger charge is 2.40. The molecular weight excluding hydrogens is 240 g/mol. The van der Waals surface area contributed by atoms with E-state index in [0.29, 0.717) is 12.0 Å². The number of ether oxygens (including phenoxy) is 1. The summed E-state index contributed by atoms with van der Waals surface area (Å²) >= 11 is 0. The van der Waals surface area contributed by atoms with E-state index in [4.69, 9.17) is 4.74 Å². The van der Waals surface area contributed by atoms with Gasteiger partial charge in [0.05, 0.1) is 6.61 Å². The van der Waals surface area contributed by atoms with Crippen molar-refractivity contribution in [1.82, 2.24) is 10.2 Å². The fourth-order valence-corrected chi connectivity index (χ4v) is 2.90. The van der Waals surface area contributed by atoms with Crippen molar-refractivity contribution >= 4 is 0 Å². The Morgan fingerprint density at radius 1 is 1.21 bits per heavy atom. The molecule has 2 saturated heterocycles. The lowest BCUT2D eigenvalue weighted by molar-refractivity contribution is -0.211. The quantitative estimate of drug-likeness (QED) is 0.799. The second-order valence-corrected chi connectivity index (χ2v) is 5.76. The molecule has 0 bridgehead atoms. The maximum Gasteiger partial charge on any atom is 0.216 e. The molecule has 2 aliphatic rings. The molecule has 4 heteroatoms. The van der Waals surface area contributed by atoms with Crippen LogP contribution in [-0.4, -0.2) is 42.6 Å². The first kappa shape index (κ1) is 13.1. The van der Waals surface area contributed by atoms with Crippen LogP contribution in [-0.2, 0) is 11.3 Å². The van der Waals surface area contributed by atoms with E-state index in [1.54, 1.807) is 0 Å². The minimum atomic E-state index is -0.773. The van der Waals surface area contributed by atoms with E-state index in [9.17, 15) is 5.11 Å². The first-order chi connectivity index (χ1) is 9.27. The standard InChI is InChI=1S/C15H22N2O2/c18-14(19-10-13-4-2-1-3-5-13)17-8-6-15(7-9-17)11-16-12-15/h1-5,14,16,18H,6-12H2. The Morgan fingerprint density at radius 3 is 2.47 bits per heavy atom. The van der Waals surface area contributed by atoms with E-state index < -0.39 is 6.41 Å². The summed E-state index contributed by atoms with van der Waals surface area (Å²) in [6, 6.07) is 9.98. The molecule has 1 spiro atoms. The van der Waals surface area contributed by atoms with E-state index in [1.165, 1.54) is 0 Å². The first-order valence-electron chi connectivity index (χ1n) is 7.06. The van der Waals surface area contributed by atoms with Crippen LogP contribution < -0.4 is 5.32 Å². The molecule has 1 atom stereocenters. The summed E-state index contributed by atoms with van der Waals surface area (Å²) in [6.45, 7) is 4.60. The van der Waals surface area contributed by atoms with E-state index in [1.807, 2.05) is 35.2 Å². The zero-order valence-corrected chi connectivity index (χ0v) is 11.2. The molecule has 2 aliphatic heterocycles. The molecule has 0 aliphatic carbocycles. The van der Waals surface area contributed by atoms with Gasteiger partial charge < -0.3 is 15.2 Å². The Balaban J connectivity index is 1.45. The third-order valence-corrected chi connectivity index (χ3v) is 4.41. The van der Waals surface area contributed by atoms with Crippen LogP contribution in [0, 0.1) is 5.41 Å². The SMILES string of the molecule is OC(OCc1ccccc1)N1CCC2(CC1)CNC2. The predicted molar refractivity (Wildman–Crippen MR) is 73.3 cm³/mol. The van der Waals surface area contributed by atoms with Crippen LogP contribution in [0.4, 0.5) is 0 Å². The van der Waals surface area contributed by atoms with E-state index in [2.05, 4.69) is 5.32 Å². The number of nitrogens with zero attached hydrogens (tertiary/aromatic N) is 1. The lowest BCUT2D eigenvalue weighted by Gasteiger charge is -2.48. The number of piperidine rings is 1. The Bertz CT molecular complexity index is 396. The third kappa shape index (κ3) is 2.98. The van der Waals surface area contributed by atoms with Crippen LogP contribution in [0.3, 0.4) is 0 Å². The van der Waals surface area contributed by atoms with Gasteiger partial charge >= 0.3 is 0 Å². The van der Waals surface area contributed by atoms with Crippen molar-refractivity contribution in [2.45, 2.75) is 25.9 Å². The van der Waals surface area contributed by atoms with Crippen LogP contribution in [0.15, 0.2) is 30.3 Å². The molecule has 19 heavy (non-hydrogen) atoms. The molecule has 1 unspecified atom stereocenters. The van der Waals surface area contributed by atoms with Crippen LogP contribution in [0.1, 0.15) is 18.4 Å². The highest BCUT2D eigenvalue weighted by molar-refractivity contribution is 5.13. The Morgan fingerprint density at radius 2 is 1.89 bits per heavy atom. The summed E-state index contributed by atoms with van der Waals surface area (Å²) < 4.78 is 5.55. The van der Waals surface area contributed by atoms with Crippen LogP contribution in [0.25, 0.3) is 0 Å². The minimum Gasteiger partial charge on any atom is -0.356 e. The number of aliphatic hydroxyl groups is 1. The first-order valence-corrected chi connectivity index (χ1v) is 7.06. The molecule has 104 valence electrons. The van der Waals surface area contributed by atoms with E-state index in [0.717, 1.165) is 44.6 Å². The Kier molecular flexibility index (Phi) is 3.84. The molecule has 2 heterocycles. The number of nitrogens with one attached hydrogen (secondary N) is 1. The van der Waals surface area contributed by atoms with Crippen molar-refractivity contribution in [3.63, 3.8) is 0 Å². The molecule has 1 aromatic carbocycles. The molecule has 0 radical (unpaired) electrons. The average molecular weight is 262 g/mol. The van der Waals surface area contributed by atoms with Gasteiger partial charge in [-0.25, -0.2) is 0 Å². The van der Waals surface area contributed by atoms with Gasteiger partial charge in [-0.3, -0.25) is 4.90 Å². The van der Waals surface area contributed by atoms with Crippen LogP contribution in [0.5, 0.6) is 0 Å². The monoisotopic (exact) mass is 262 g/mol. The van der Waals surface area contributed by atoms with Gasteiger partial charge in [-0.2, -0.15) is 0 Å². The van der Waals surface area contributed by atoms with Crippen molar-refractivity contribution in [2.24, 2.45) is 5.41 Å². The van der Waals surface area contributed by atoms with Crippen molar-refractivity contribution < 1.29 is 9.84 Å². The second kappa shape index (κ2) is 5.59. The molecule has 2 fully saturated rings. The van der Waals surface area contributed by atoms with Gasteiger partial charge in [-0.15, -0.1) is 0 Å². The molecule has 2 N–H and O–H groups in total. The normalized spacial score (nSPS) is 24.1. The smallest absolute Gasteiger partial charge is 0.216 e. The van der Waals surface area contributed by atoms with Crippen molar-refractivity contribution in [1.29, 1.82) is 0 Å².